The second kappa shape index (κ2) is 5.54. The van der Waals surface area contributed by atoms with Gasteiger partial charge in [-0.05, 0) is 43.2 Å². The van der Waals surface area contributed by atoms with E-state index >= 15 is 0 Å². The molecule has 0 saturated carbocycles. The van der Waals surface area contributed by atoms with Crippen molar-refractivity contribution in [3.63, 3.8) is 0 Å². The molecular weight excluding hydrogens is 224 g/mol. The lowest BCUT2D eigenvalue weighted by molar-refractivity contribution is 0.414. The summed E-state index contributed by atoms with van der Waals surface area (Å²) >= 11 is 0. The monoisotopic (exact) mass is 242 g/mol. The summed E-state index contributed by atoms with van der Waals surface area (Å²) in [5.74, 6) is 1.81. The summed E-state index contributed by atoms with van der Waals surface area (Å²) in [6.45, 7) is 4.17. The second-order valence-electron chi connectivity index (χ2n) is 4.31. The number of anilines is 1. The zero-order chi connectivity index (χ0) is 13.0. The summed E-state index contributed by atoms with van der Waals surface area (Å²) in [6, 6.07) is 12.3. The van der Waals surface area contributed by atoms with Crippen LogP contribution in [0.15, 0.2) is 42.6 Å². The van der Waals surface area contributed by atoms with Gasteiger partial charge in [-0.25, -0.2) is 4.98 Å². The molecule has 0 aliphatic carbocycles. The Kier molecular flexibility index (Phi) is 3.82. The molecule has 1 unspecified atom stereocenters. The Morgan fingerprint density at radius 1 is 1.17 bits per heavy atom. The average molecular weight is 242 g/mol. The van der Waals surface area contributed by atoms with Crippen molar-refractivity contribution in [3.8, 4) is 5.75 Å². The number of rotatable bonds is 4. The predicted molar refractivity (Wildman–Crippen MR) is 74.0 cm³/mol. The van der Waals surface area contributed by atoms with Crippen LogP contribution >= 0.6 is 0 Å². The molecule has 0 aliphatic rings. The van der Waals surface area contributed by atoms with Gasteiger partial charge in [0, 0.05) is 12.2 Å². The molecule has 18 heavy (non-hydrogen) atoms. The van der Waals surface area contributed by atoms with Crippen molar-refractivity contribution in [3.05, 3.63) is 53.7 Å². The highest BCUT2D eigenvalue weighted by Gasteiger charge is 2.07. The van der Waals surface area contributed by atoms with E-state index in [1.807, 2.05) is 18.2 Å². The Morgan fingerprint density at radius 2 is 1.89 bits per heavy atom. The first-order valence-corrected chi connectivity index (χ1v) is 6.03. The van der Waals surface area contributed by atoms with E-state index in [-0.39, 0.29) is 6.04 Å². The quantitative estimate of drug-likeness (QED) is 0.890. The van der Waals surface area contributed by atoms with Crippen LogP contribution in [0.3, 0.4) is 0 Å². The molecule has 2 aromatic rings. The van der Waals surface area contributed by atoms with Crippen LogP contribution in [-0.4, -0.2) is 12.1 Å². The fourth-order valence-electron chi connectivity index (χ4n) is 1.82. The maximum atomic E-state index is 5.15. The first-order valence-electron chi connectivity index (χ1n) is 6.03. The molecular formula is C15H18N2O. The van der Waals surface area contributed by atoms with E-state index < -0.39 is 0 Å². The highest BCUT2D eigenvalue weighted by atomic mass is 16.5. The number of nitrogens with zero attached hydrogens (tertiary/aromatic N) is 1. The standard InChI is InChI=1S/C15H18N2O/c1-11-5-4-10-16-15(11)17-12(2)13-6-8-14(18-3)9-7-13/h4-10,12H,1-3H3,(H,16,17). The molecule has 0 fully saturated rings. The zero-order valence-corrected chi connectivity index (χ0v) is 11.0. The fraction of sp³-hybridized carbons (Fsp3) is 0.267. The average Bonchev–Trinajstić information content (AvgIpc) is 2.41. The van der Waals surface area contributed by atoms with Crippen LogP contribution in [0.5, 0.6) is 5.75 Å². The molecule has 0 amide bonds. The van der Waals surface area contributed by atoms with Crippen LogP contribution < -0.4 is 10.1 Å². The maximum Gasteiger partial charge on any atom is 0.129 e. The Bertz CT molecular complexity index is 508. The van der Waals surface area contributed by atoms with Gasteiger partial charge in [-0.2, -0.15) is 0 Å². The van der Waals surface area contributed by atoms with Crippen LogP contribution in [0.4, 0.5) is 5.82 Å². The lowest BCUT2D eigenvalue weighted by Crippen LogP contribution is -2.08. The first kappa shape index (κ1) is 12.4. The van der Waals surface area contributed by atoms with E-state index in [0.717, 1.165) is 17.1 Å². The minimum absolute atomic E-state index is 0.213. The number of ether oxygens (including phenoxy) is 1. The normalized spacial score (nSPS) is 11.9. The van der Waals surface area contributed by atoms with Crippen LogP contribution in [0, 0.1) is 6.92 Å². The summed E-state index contributed by atoms with van der Waals surface area (Å²) in [5.41, 5.74) is 2.36. The molecule has 3 nitrogen and oxygen atoms in total. The van der Waals surface area contributed by atoms with E-state index in [4.69, 9.17) is 4.74 Å². The Hall–Kier alpha value is -2.03. The van der Waals surface area contributed by atoms with E-state index in [0.29, 0.717) is 0 Å². The number of hydrogen-bond donors (Lipinski definition) is 1. The van der Waals surface area contributed by atoms with Crippen molar-refractivity contribution in [2.75, 3.05) is 12.4 Å². The van der Waals surface area contributed by atoms with Crippen molar-refractivity contribution in [1.29, 1.82) is 0 Å². The Morgan fingerprint density at radius 3 is 2.50 bits per heavy atom. The summed E-state index contributed by atoms with van der Waals surface area (Å²) in [6.07, 6.45) is 1.80. The molecule has 1 atom stereocenters. The smallest absolute Gasteiger partial charge is 0.129 e. The number of pyridine rings is 1. The van der Waals surface area contributed by atoms with Gasteiger partial charge in [-0.15, -0.1) is 0 Å². The van der Waals surface area contributed by atoms with Gasteiger partial charge < -0.3 is 10.1 Å². The molecule has 1 N–H and O–H groups in total. The summed E-state index contributed by atoms with van der Waals surface area (Å²) in [4.78, 5) is 4.34. The van der Waals surface area contributed by atoms with E-state index in [2.05, 4.69) is 42.3 Å². The molecule has 0 spiro atoms. The van der Waals surface area contributed by atoms with E-state index in [1.54, 1.807) is 13.3 Å². The fourth-order valence-corrected chi connectivity index (χ4v) is 1.82. The van der Waals surface area contributed by atoms with Gasteiger partial charge in [0.15, 0.2) is 0 Å². The minimum Gasteiger partial charge on any atom is -0.497 e. The van der Waals surface area contributed by atoms with Gasteiger partial charge in [0.2, 0.25) is 0 Å². The predicted octanol–water partition coefficient (Wildman–Crippen LogP) is 3.57. The van der Waals surface area contributed by atoms with Gasteiger partial charge in [-0.1, -0.05) is 18.2 Å². The van der Waals surface area contributed by atoms with Gasteiger partial charge >= 0.3 is 0 Å². The van der Waals surface area contributed by atoms with Crippen molar-refractivity contribution in [2.45, 2.75) is 19.9 Å². The number of hydrogen-bond acceptors (Lipinski definition) is 3. The molecule has 2 rings (SSSR count). The minimum atomic E-state index is 0.213. The van der Waals surface area contributed by atoms with Crippen LogP contribution in [0.2, 0.25) is 0 Å². The van der Waals surface area contributed by atoms with Gasteiger partial charge in [0.05, 0.1) is 7.11 Å². The number of aromatic nitrogens is 1. The van der Waals surface area contributed by atoms with Crippen LogP contribution in [0.1, 0.15) is 24.1 Å². The first-order chi connectivity index (χ1) is 8.70. The molecule has 0 saturated heterocycles. The number of nitrogens with one attached hydrogen (secondary N) is 1. The number of benzene rings is 1. The molecule has 1 aromatic carbocycles. The third-order valence-electron chi connectivity index (χ3n) is 2.98. The lowest BCUT2D eigenvalue weighted by atomic mass is 10.1. The van der Waals surface area contributed by atoms with Crippen molar-refractivity contribution < 1.29 is 4.74 Å². The maximum absolute atomic E-state index is 5.15. The molecule has 1 aromatic heterocycles. The summed E-state index contributed by atoms with van der Waals surface area (Å²) in [5, 5.41) is 3.41. The largest absolute Gasteiger partial charge is 0.497 e. The van der Waals surface area contributed by atoms with Gasteiger partial charge in [0.1, 0.15) is 11.6 Å². The molecule has 1 heterocycles. The number of aryl methyl sites for hydroxylation is 1. The van der Waals surface area contributed by atoms with Crippen molar-refractivity contribution in [2.24, 2.45) is 0 Å². The van der Waals surface area contributed by atoms with Crippen molar-refractivity contribution >= 4 is 5.82 Å². The summed E-state index contributed by atoms with van der Waals surface area (Å²) < 4.78 is 5.15. The van der Waals surface area contributed by atoms with E-state index in [1.165, 1.54) is 5.56 Å². The third-order valence-corrected chi connectivity index (χ3v) is 2.98. The lowest BCUT2D eigenvalue weighted by Gasteiger charge is -2.16. The molecule has 3 heteroatoms. The number of methoxy groups -OCH3 is 1. The molecule has 0 aliphatic heterocycles. The van der Waals surface area contributed by atoms with Crippen molar-refractivity contribution in [1.82, 2.24) is 4.98 Å². The third kappa shape index (κ3) is 2.80. The molecule has 0 radical (unpaired) electrons. The van der Waals surface area contributed by atoms with Crippen LogP contribution in [-0.2, 0) is 0 Å². The topological polar surface area (TPSA) is 34.1 Å². The van der Waals surface area contributed by atoms with Crippen LogP contribution in [0.25, 0.3) is 0 Å². The van der Waals surface area contributed by atoms with Gasteiger partial charge in [-0.3, -0.25) is 0 Å². The SMILES string of the molecule is COc1ccc(C(C)Nc2ncccc2C)cc1. The highest BCUT2D eigenvalue weighted by Crippen LogP contribution is 2.21. The highest BCUT2D eigenvalue weighted by molar-refractivity contribution is 5.45. The second-order valence-corrected chi connectivity index (χ2v) is 4.31. The molecule has 0 bridgehead atoms. The van der Waals surface area contributed by atoms with E-state index in [9.17, 15) is 0 Å². The Labute approximate surface area is 108 Å². The Balaban J connectivity index is 2.11. The summed E-state index contributed by atoms with van der Waals surface area (Å²) in [7, 11) is 1.67. The zero-order valence-electron chi connectivity index (χ0n) is 11.0. The van der Waals surface area contributed by atoms with Gasteiger partial charge in [0.25, 0.3) is 0 Å². The molecule has 94 valence electrons.